The summed E-state index contributed by atoms with van der Waals surface area (Å²) in [7, 11) is 0. The van der Waals surface area contributed by atoms with Crippen LogP contribution in [0.15, 0.2) is 41.5 Å². The van der Waals surface area contributed by atoms with Crippen molar-refractivity contribution in [2.75, 3.05) is 6.61 Å². The van der Waals surface area contributed by atoms with E-state index in [1.165, 1.54) is 4.68 Å². The molecule has 0 aliphatic rings. The molecule has 2 aromatic carbocycles. The third-order valence-corrected chi connectivity index (χ3v) is 5.13. The maximum Gasteiger partial charge on any atom is 0.216 e. The second-order valence-electron chi connectivity index (χ2n) is 5.20. The Morgan fingerprint density at radius 1 is 1.35 bits per heavy atom. The predicted molar refractivity (Wildman–Crippen MR) is 121 cm³/mol. The largest absolute Gasteiger partial charge is 0.506 e. The van der Waals surface area contributed by atoms with Crippen LogP contribution < -0.4 is 4.74 Å². The zero-order valence-corrected chi connectivity index (χ0v) is 18.7. The molecule has 3 aromatic rings. The van der Waals surface area contributed by atoms with E-state index in [9.17, 15) is 5.11 Å². The van der Waals surface area contributed by atoms with Crippen LogP contribution in [0.4, 0.5) is 0 Å². The number of phenols is 1. The summed E-state index contributed by atoms with van der Waals surface area (Å²) in [6.45, 7) is 2.52. The van der Waals surface area contributed by atoms with E-state index in [0.717, 1.165) is 18.5 Å². The first-order valence-electron chi connectivity index (χ1n) is 7.62. The number of phenolic OH excluding ortho intramolecular Hbond substituents is 1. The van der Waals surface area contributed by atoms with Crippen molar-refractivity contribution in [2.24, 2.45) is 5.10 Å². The molecule has 6 nitrogen and oxygen atoms in total. The van der Waals surface area contributed by atoms with Gasteiger partial charge in [0, 0.05) is 14.7 Å². The third kappa shape index (κ3) is 4.26. The minimum Gasteiger partial charge on any atom is -0.506 e. The molecule has 9 heteroatoms. The van der Waals surface area contributed by atoms with E-state index >= 15 is 0 Å². The maximum absolute atomic E-state index is 10.2. The first-order valence-corrected chi connectivity index (χ1v) is 10.2. The lowest BCUT2D eigenvalue weighted by Gasteiger charge is -2.06. The number of aromatic hydroxyl groups is 1. The molecule has 0 atom stereocenters. The van der Waals surface area contributed by atoms with Gasteiger partial charge in [-0.25, -0.2) is 5.10 Å². The standard InChI is InChI=1S/C17H14I2N4O2S/c1-2-25-13-5-3-4-10(7-13)16-21-22-17(26)23(16)20-9-11-6-12(18)8-14(19)15(11)24/h3-9,24H,2H2,1H3,(H,22,26)/b20-9+. The molecule has 0 unspecified atom stereocenters. The molecule has 134 valence electrons. The van der Waals surface area contributed by atoms with Crippen LogP contribution in [0.25, 0.3) is 11.4 Å². The molecule has 0 saturated carbocycles. The van der Waals surface area contributed by atoms with Crippen LogP contribution >= 0.6 is 57.4 Å². The van der Waals surface area contributed by atoms with Crippen LogP contribution in [0.3, 0.4) is 0 Å². The first kappa shape index (κ1) is 19.3. The quantitative estimate of drug-likeness (QED) is 0.254. The lowest BCUT2D eigenvalue weighted by atomic mass is 10.2. The Morgan fingerprint density at radius 2 is 2.15 bits per heavy atom. The fourth-order valence-electron chi connectivity index (χ4n) is 2.28. The number of hydrogen-bond acceptors (Lipinski definition) is 5. The van der Waals surface area contributed by atoms with E-state index in [0.29, 0.717) is 22.8 Å². The number of ether oxygens (including phenoxy) is 1. The van der Waals surface area contributed by atoms with Gasteiger partial charge in [-0.15, -0.1) is 0 Å². The summed E-state index contributed by atoms with van der Waals surface area (Å²) in [5.41, 5.74) is 1.43. The topological polar surface area (TPSA) is 75.4 Å². The molecule has 0 saturated heterocycles. The summed E-state index contributed by atoms with van der Waals surface area (Å²) in [4.78, 5) is 0. The van der Waals surface area contributed by atoms with Gasteiger partial charge in [-0.3, -0.25) is 0 Å². The zero-order chi connectivity index (χ0) is 18.7. The lowest BCUT2D eigenvalue weighted by molar-refractivity contribution is 0.340. The molecule has 1 aromatic heterocycles. The fourth-order valence-corrected chi connectivity index (χ4v) is 4.35. The maximum atomic E-state index is 10.2. The molecular weight excluding hydrogens is 578 g/mol. The lowest BCUT2D eigenvalue weighted by Crippen LogP contribution is -1.97. The van der Waals surface area contributed by atoms with E-state index in [4.69, 9.17) is 17.0 Å². The van der Waals surface area contributed by atoms with Crippen LogP contribution in [-0.2, 0) is 0 Å². The highest BCUT2D eigenvalue weighted by molar-refractivity contribution is 14.1. The molecule has 0 radical (unpaired) electrons. The number of H-pyrrole nitrogens is 1. The van der Waals surface area contributed by atoms with Gasteiger partial charge in [0.05, 0.1) is 16.4 Å². The number of benzene rings is 2. The zero-order valence-electron chi connectivity index (χ0n) is 13.6. The summed E-state index contributed by atoms with van der Waals surface area (Å²) < 4.78 is 9.19. The molecule has 0 amide bonds. The third-order valence-electron chi connectivity index (χ3n) is 3.42. The van der Waals surface area contributed by atoms with Gasteiger partial charge < -0.3 is 9.84 Å². The molecule has 26 heavy (non-hydrogen) atoms. The van der Waals surface area contributed by atoms with Crippen molar-refractivity contribution in [2.45, 2.75) is 6.92 Å². The van der Waals surface area contributed by atoms with E-state index in [1.54, 1.807) is 6.21 Å². The Bertz CT molecular complexity index is 1030. The SMILES string of the molecule is CCOc1cccc(-c2n[nH]c(=S)n2/N=C/c2cc(I)cc(I)c2O)c1. The fraction of sp³-hybridized carbons (Fsp3) is 0.118. The van der Waals surface area contributed by atoms with Crippen molar-refractivity contribution in [1.82, 2.24) is 14.9 Å². The average molecular weight is 592 g/mol. The van der Waals surface area contributed by atoms with Gasteiger partial charge in [-0.2, -0.15) is 14.9 Å². The van der Waals surface area contributed by atoms with Crippen molar-refractivity contribution in [3.05, 3.63) is 53.9 Å². The molecular formula is C17H14I2N4O2S. The van der Waals surface area contributed by atoms with E-state index < -0.39 is 0 Å². The average Bonchev–Trinajstić information content (AvgIpc) is 2.98. The second kappa shape index (κ2) is 8.48. The molecule has 0 aliphatic heterocycles. The smallest absolute Gasteiger partial charge is 0.216 e. The number of aromatic amines is 1. The van der Waals surface area contributed by atoms with Crippen LogP contribution in [-0.4, -0.2) is 32.8 Å². The summed E-state index contributed by atoms with van der Waals surface area (Å²) in [6.07, 6.45) is 1.57. The monoisotopic (exact) mass is 592 g/mol. The van der Waals surface area contributed by atoms with Gasteiger partial charge in [-0.1, -0.05) is 12.1 Å². The molecule has 0 bridgehead atoms. The van der Waals surface area contributed by atoms with Crippen LogP contribution in [0.1, 0.15) is 12.5 Å². The Balaban J connectivity index is 2.02. The Kier molecular flexibility index (Phi) is 6.29. The number of aromatic nitrogens is 3. The number of rotatable bonds is 5. The molecule has 0 fully saturated rings. The van der Waals surface area contributed by atoms with Gasteiger partial charge in [-0.05, 0) is 88.6 Å². The van der Waals surface area contributed by atoms with Crippen molar-refractivity contribution in [3.63, 3.8) is 0 Å². The highest BCUT2D eigenvalue weighted by atomic mass is 127. The molecule has 0 aliphatic carbocycles. The molecule has 0 spiro atoms. The Morgan fingerprint density at radius 3 is 2.92 bits per heavy atom. The van der Waals surface area contributed by atoms with Crippen molar-refractivity contribution in [1.29, 1.82) is 0 Å². The minimum atomic E-state index is 0.185. The number of hydrogen-bond donors (Lipinski definition) is 2. The number of nitrogens with one attached hydrogen (secondary N) is 1. The van der Waals surface area contributed by atoms with Crippen LogP contribution in [0.5, 0.6) is 11.5 Å². The number of halogens is 2. The minimum absolute atomic E-state index is 0.185. The van der Waals surface area contributed by atoms with E-state index in [2.05, 4.69) is 60.5 Å². The molecule has 2 N–H and O–H groups in total. The number of nitrogens with zero attached hydrogens (tertiary/aromatic N) is 3. The van der Waals surface area contributed by atoms with Gasteiger partial charge >= 0.3 is 0 Å². The summed E-state index contributed by atoms with van der Waals surface area (Å²) in [5, 5.41) is 21.7. The Hall–Kier alpha value is -1.47. The first-order chi connectivity index (χ1) is 12.5. The van der Waals surface area contributed by atoms with Gasteiger partial charge in [0.15, 0.2) is 5.82 Å². The molecule has 1 heterocycles. The normalized spacial score (nSPS) is 11.2. The van der Waals surface area contributed by atoms with Gasteiger partial charge in [0.25, 0.3) is 0 Å². The predicted octanol–water partition coefficient (Wildman–Crippen LogP) is 4.80. The summed E-state index contributed by atoms with van der Waals surface area (Å²) >= 11 is 9.58. The summed E-state index contributed by atoms with van der Waals surface area (Å²) in [6, 6.07) is 11.3. The van der Waals surface area contributed by atoms with Crippen LogP contribution in [0, 0.1) is 11.9 Å². The second-order valence-corrected chi connectivity index (χ2v) is 7.99. The van der Waals surface area contributed by atoms with Crippen molar-refractivity contribution in [3.8, 4) is 22.9 Å². The van der Waals surface area contributed by atoms with E-state index in [-0.39, 0.29) is 5.75 Å². The summed E-state index contributed by atoms with van der Waals surface area (Å²) in [5.74, 6) is 1.50. The molecule has 3 rings (SSSR count). The van der Waals surface area contributed by atoms with Gasteiger partial charge in [0.1, 0.15) is 11.5 Å². The highest BCUT2D eigenvalue weighted by Crippen LogP contribution is 2.26. The Labute approximate surface area is 182 Å². The van der Waals surface area contributed by atoms with Crippen molar-refractivity contribution < 1.29 is 9.84 Å². The van der Waals surface area contributed by atoms with Crippen LogP contribution in [0.2, 0.25) is 0 Å². The van der Waals surface area contributed by atoms with Crippen molar-refractivity contribution >= 4 is 63.6 Å². The van der Waals surface area contributed by atoms with Gasteiger partial charge in [0.2, 0.25) is 4.77 Å². The highest BCUT2D eigenvalue weighted by Gasteiger charge is 2.10. The van der Waals surface area contributed by atoms with E-state index in [1.807, 2.05) is 43.3 Å².